The van der Waals surface area contributed by atoms with Crippen molar-refractivity contribution < 1.29 is 51.4 Å². The summed E-state index contributed by atoms with van der Waals surface area (Å²) in [5, 5.41) is 11.4. The SMILES string of the molecule is COC(=O)C1C(C(F)(F)F)=NC(C)=C(C(=O)OCC(C)Oc2ccc(OCC3CO3)cc2)C1c1cccc([N+](=O)[O-])c1. The van der Waals surface area contributed by atoms with E-state index in [2.05, 4.69) is 9.73 Å². The second-order valence-electron chi connectivity index (χ2n) is 9.59. The summed E-state index contributed by atoms with van der Waals surface area (Å²) >= 11 is 0. The number of methoxy groups -OCH3 is 1. The van der Waals surface area contributed by atoms with Crippen molar-refractivity contribution in [3.05, 3.63) is 75.5 Å². The number of ether oxygens (including phenoxy) is 5. The van der Waals surface area contributed by atoms with Gasteiger partial charge < -0.3 is 23.7 Å². The third-order valence-corrected chi connectivity index (χ3v) is 6.47. The van der Waals surface area contributed by atoms with Crippen molar-refractivity contribution in [3.8, 4) is 11.5 Å². The Morgan fingerprint density at radius 3 is 2.43 bits per heavy atom. The molecule has 2 aromatic rings. The number of rotatable bonds is 11. The zero-order valence-electron chi connectivity index (χ0n) is 22.8. The molecule has 0 N–H and O–H groups in total. The van der Waals surface area contributed by atoms with Gasteiger partial charge in [-0.1, -0.05) is 12.1 Å². The molecule has 1 fully saturated rings. The highest BCUT2D eigenvalue weighted by Crippen LogP contribution is 2.44. The number of halogens is 3. The molecule has 224 valence electrons. The monoisotopic (exact) mass is 592 g/mol. The van der Waals surface area contributed by atoms with Crippen molar-refractivity contribution in [1.82, 2.24) is 0 Å². The molecule has 4 atom stereocenters. The number of nitrogens with zero attached hydrogens (tertiary/aromatic N) is 2. The van der Waals surface area contributed by atoms with Gasteiger partial charge in [0.1, 0.15) is 48.6 Å². The average Bonchev–Trinajstić information content (AvgIpc) is 3.79. The van der Waals surface area contributed by atoms with Crippen LogP contribution >= 0.6 is 0 Å². The molecule has 2 aliphatic heterocycles. The number of carbonyl (C=O) groups excluding carboxylic acids is 2. The first-order valence-electron chi connectivity index (χ1n) is 12.8. The minimum atomic E-state index is -5.07. The molecule has 0 aromatic heterocycles. The Kier molecular flexibility index (Phi) is 9.14. The number of esters is 2. The number of aliphatic imine (C=N–C) groups is 1. The Morgan fingerprint density at radius 2 is 1.83 bits per heavy atom. The van der Waals surface area contributed by atoms with Crippen LogP contribution in [-0.2, 0) is 23.8 Å². The Labute approximate surface area is 238 Å². The van der Waals surface area contributed by atoms with Crippen LogP contribution in [0.25, 0.3) is 0 Å². The van der Waals surface area contributed by atoms with Gasteiger partial charge in [-0.15, -0.1) is 0 Å². The fourth-order valence-corrected chi connectivity index (χ4v) is 4.45. The summed E-state index contributed by atoms with van der Waals surface area (Å²) in [6, 6.07) is 11.3. The number of non-ortho nitro benzene ring substituents is 1. The van der Waals surface area contributed by atoms with Gasteiger partial charge in [0.2, 0.25) is 0 Å². The average molecular weight is 593 g/mol. The van der Waals surface area contributed by atoms with E-state index in [1.807, 2.05) is 0 Å². The first-order valence-corrected chi connectivity index (χ1v) is 12.8. The summed E-state index contributed by atoms with van der Waals surface area (Å²) in [7, 11) is 0.892. The summed E-state index contributed by atoms with van der Waals surface area (Å²) < 4.78 is 68.6. The van der Waals surface area contributed by atoms with Crippen molar-refractivity contribution in [2.24, 2.45) is 10.9 Å². The van der Waals surface area contributed by atoms with Gasteiger partial charge >= 0.3 is 18.1 Å². The van der Waals surface area contributed by atoms with E-state index in [-0.39, 0.29) is 29.5 Å². The van der Waals surface area contributed by atoms with Crippen molar-refractivity contribution >= 4 is 23.3 Å². The van der Waals surface area contributed by atoms with Crippen LogP contribution < -0.4 is 9.47 Å². The molecule has 0 spiro atoms. The number of allylic oxidation sites excluding steroid dienone is 1. The lowest BCUT2D eigenvalue weighted by Crippen LogP contribution is -2.44. The second-order valence-corrected chi connectivity index (χ2v) is 9.59. The van der Waals surface area contributed by atoms with E-state index in [9.17, 15) is 32.9 Å². The number of nitro groups is 1. The van der Waals surface area contributed by atoms with Gasteiger partial charge in [-0.2, -0.15) is 13.2 Å². The first kappa shape index (κ1) is 30.5. The number of epoxide rings is 1. The van der Waals surface area contributed by atoms with Crippen molar-refractivity contribution in [1.29, 1.82) is 0 Å². The smallest absolute Gasteiger partial charge is 0.430 e. The van der Waals surface area contributed by atoms with Crippen LogP contribution in [0.2, 0.25) is 0 Å². The van der Waals surface area contributed by atoms with E-state index in [0.717, 1.165) is 19.2 Å². The molecule has 11 nitrogen and oxygen atoms in total. The van der Waals surface area contributed by atoms with Crippen molar-refractivity contribution in [3.63, 3.8) is 0 Å². The normalized spacial score (nSPS) is 20.7. The molecule has 0 radical (unpaired) electrons. The highest BCUT2D eigenvalue weighted by Gasteiger charge is 2.53. The van der Waals surface area contributed by atoms with Gasteiger partial charge in [0.25, 0.3) is 5.69 Å². The Balaban J connectivity index is 1.57. The Morgan fingerprint density at radius 1 is 1.17 bits per heavy atom. The topological polar surface area (TPSA) is 139 Å². The number of alkyl halides is 3. The van der Waals surface area contributed by atoms with Gasteiger partial charge in [-0.25, -0.2) is 4.79 Å². The maximum Gasteiger partial charge on any atom is 0.430 e. The number of benzene rings is 2. The molecule has 0 saturated carbocycles. The van der Waals surface area contributed by atoms with Crippen molar-refractivity contribution in [2.75, 3.05) is 26.9 Å². The van der Waals surface area contributed by atoms with Gasteiger partial charge in [0, 0.05) is 23.7 Å². The molecular formula is C28H27F3N2O9. The van der Waals surface area contributed by atoms with Gasteiger partial charge in [-0.05, 0) is 43.7 Å². The number of hydrogen-bond acceptors (Lipinski definition) is 10. The van der Waals surface area contributed by atoms with E-state index >= 15 is 0 Å². The molecule has 4 unspecified atom stereocenters. The van der Waals surface area contributed by atoms with Crippen LogP contribution in [0.1, 0.15) is 25.3 Å². The molecular weight excluding hydrogens is 565 g/mol. The zero-order chi connectivity index (χ0) is 30.6. The standard InChI is InChI=1S/C28H27F3N2O9/c1-15(42-20-9-7-19(8-10-20)39-13-21-14-40-21)12-41-27(35)22-16(2)32-25(28(29,30)31)24(26(34)38-3)23(22)17-5-4-6-18(11-17)33(36)37/h4-11,15,21,23-24H,12-14H2,1-3H3. The van der Waals surface area contributed by atoms with E-state index in [1.165, 1.54) is 19.1 Å². The third-order valence-electron chi connectivity index (χ3n) is 6.47. The lowest BCUT2D eigenvalue weighted by atomic mass is 9.75. The summed E-state index contributed by atoms with van der Waals surface area (Å²) in [6.45, 7) is 3.56. The molecule has 0 bridgehead atoms. The number of carbonyl (C=O) groups is 2. The minimum Gasteiger partial charge on any atom is -0.491 e. The van der Waals surface area contributed by atoms with Crippen LogP contribution in [-0.4, -0.2) is 67.9 Å². The largest absolute Gasteiger partial charge is 0.491 e. The molecule has 2 aromatic carbocycles. The summed E-state index contributed by atoms with van der Waals surface area (Å²) in [6.07, 6.45) is -5.65. The van der Waals surface area contributed by atoms with Crippen molar-refractivity contribution in [2.45, 2.75) is 38.1 Å². The maximum absolute atomic E-state index is 14.0. The van der Waals surface area contributed by atoms with E-state index in [4.69, 9.17) is 18.9 Å². The van der Waals surface area contributed by atoms with E-state index in [0.29, 0.717) is 24.7 Å². The molecule has 42 heavy (non-hydrogen) atoms. The first-order chi connectivity index (χ1) is 19.9. The third kappa shape index (κ3) is 7.24. The molecule has 0 aliphatic carbocycles. The zero-order valence-corrected chi connectivity index (χ0v) is 22.8. The fourth-order valence-electron chi connectivity index (χ4n) is 4.45. The number of hydrogen-bond donors (Lipinski definition) is 0. The van der Waals surface area contributed by atoms with E-state index in [1.54, 1.807) is 31.2 Å². The second kappa shape index (κ2) is 12.6. The molecule has 14 heteroatoms. The van der Waals surface area contributed by atoms with Crippen LogP contribution in [0, 0.1) is 16.0 Å². The molecule has 0 amide bonds. The maximum atomic E-state index is 14.0. The quantitative estimate of drug-likeness (QED) is 0.159. The van der Waals surface area contributed by atoms with Gasteiger partial charge in [0.15, 0.2) is 0 Å². The molecule has 4 rings (SSSR count). The summed E-state index contributed by atoms with van der Waals surface area (Å²) in [4.78, 5) is 40.3. The lowest BCUT2D eigenvalue weighted by Gasteiger charge is -2.33. The molecule has 1 saturated heterocycles. The minimum absolute atomic E-state index is 0.0950. The van der Waals surface area contributed by atoms with Crippen LogP contribution in [0.15, 0.2) is 64.8 Å². The molecule has 2 heterocycles. The summed E-state index contributed by atoms with van der Waals surface area (Å²) in [5.74, 6) is -5.09. The fraction of sp³-hybridized carbons (Fsp3) is 0.393. The van der Waals surface area contributed by atoms with Gasteiger partial charge in [0.05, 0.1) is 24.2 Å². The van der Waals surface area contributed by atoms with Crippen LogP contribution in [0.5, 0.6) is 11.5 Å². The lowest BCUT2D eigenvalue weighted by molar-refractivity contribution is -0.384. The highest BCUT2D eigenvalue weighted by atomic mass is 19.4. The Bertz CT molecular complexity index is 1400. The van der Waals surface area contributed by atoms with E-state index < -0.39 is 52.4 Å². The van der Waals surface area contributed by atoms with Crippen LogP contribution in [0.4, 0.5) is 18.9 Å². The van der Waals surface area contributed by atoms with Crippen LogP contribution in [0.3, 0.4) is 0 Å². The highest BCUT2D eigenvalue weighted by molar-refractivity contribution is 6.10. The summed E-state index contributed by atoms with van der Waals surface area (Å²) in [5.41, 5.74) is -2.76. The molecule has 2 aliphatic rings. The predicted molar refractivity (Wildman–Crippen MR) is 140 cm³/mol. The predicted octanol–water partition coefficient (Wildman–Crippen LogP) is 4.55. The Hall–Kier alpha value is -4.46. The number of nitro benzene ring substituents is 1. The van der Waals surface area contributed by atoms with Gasteiger partial charge in [-0.3, -0.25) is 19.9 Å².